The average Bonchev–Trinajstić information content (AvgIpc) is 3.09. The first kappa shape index (κ1) is 20.5. The number of allylic oxidation sites excluding steroid dienone is 1. The lowest BCUT2D eigenvalue weighted by molar-refractivity contribution is -0.143. The van der Waals surface area contributed by atoms with Gasteiger partial charge in [-0.2, -0.15) is 0 Å². The van der Waals surface area contributed by atoms with Crippen molar-refractivity contribution in [1.29, 1.82) is 0 Å². The number of carboxylic acid groups (broad SMARTS) is 2. The third-order valence-corrected chi connectivity index (χ3v) is 3.73. The number of aromatic amines is 1. The predicted octanol–water partition coefficient (Wildman–Crippen LogP) is 3.10. The van der Waals surface area contributed by atoms with Crippen molar-refractivity contribution < 1.29 is 24.6 Å². The minimum Gasteiger partial charge on any atom is -0.481 e. The smallest absolute Gasteiger partial charge is 0.303 e. The van der Waals surface area contributed by atoms with E-state index in [1.54, 1.807) is 30.7 Å². The zero-order valence-electron chi connectivity index (χ0n) is 15.1. The van der Waals surface area contributed by atoms with E-state index in [4.69, 9.17) is 10.2 Å². The lowest BCUT2D eigenvalue weighted by Crippen LogP contribution is -2.00. The van der Waals surface area contributed by atoms with Crippen LogP contribution in [0.2, 0.25) is 0 Å². The third kappa shape index (κ3) is 5.87. The number of carboxylic acids is 2. The number of rotatable bonds is 6. The minimum atomic E-state index is -1.08. The summed E-state index contributed by atoms with van der Waals surface area (Å²) in [7, 11) is 0. The molecule has 0 aliphatic rings. The number of pyridine rings is 1. The molecule has 0 bridgehead atoms. The highest BCUT2D eigenvalue weighted by atomic mass is 16.4. The van der Waals surface area contributed by atoms with Crippen LogP contribution in [-0.4, -0.2) is 42.9 Å². The second-order valence-electron chi connectivity index (χ2n) is 5.77. The number of benzene rings is 1. The van der Waals surface area contributed by atoms with Crippen LogP contribution in [-0.2, 0) is 9.59 Å². The Bertz CT molecular complexity index is 1000. The number of aryl methyl sites for hydroxylation is 1. The first-order valence-corrected chi connectivity index (χ1v) is 8.38. The van der Waals surface area contributed by atoms with Crippen LogP contribution < -0.4 is 0 Å². The fraction of sp³-hybridized carbons (Fsp3) is 0.150. The molecule has 3 N–H and O–H groups in total. The van der Waals surface area contributed by atoms with Gasteiger partial charge in [0.2, 0.25) is 0 Å². The Morgan fingerprint density at radius 1 is 1.04 bits per heavy atom. The molecule has 144 valence electrons. The molecule has 3 rings (SSSR count). The summed E-state index contributed by atoms with van der Waals surface area (Å²) in [6, 6.07) is 9.36. The number of hydrogen-bond donors (Lipinski definition) is 3. The van der Waals surface area contributed by atoms with Crippen LogP contribution in [0.3, 0.4) is 0 Å². The zero-order chi connectivity index (χ0) is 20.5. The summed E-state index contributed by atoms with van der Waals surface area (Å²) in [5.74, 6) is -2.20. The molecule has 1 aromatic carbocycles. The van der Waals surface area contributed by atoms with Crippen molar-refractivity contribution in [2.24, 2.45) is 0 Å². The van der Waals surface area contributed by atoms with Gasteiger partial charge in [-0.15, -0.1) is 0 Å². The van der Waals surface area contributed by atoms with E-state index in [0.29, 0.717) is 5.56 Å². The highest BCUT2D eigenvalue weighted by Crippen LogP contribution is 2.17. The van der Waals surface area contributed by atoms with E-state index in [2.05, 4.69) is 15.0 Å². The van der Waals surface area contributed by atoms with Crippen molar-refractivity contribution in [1.82, 2.24) is 15.0 Å². The summed E-state index contributed by atoms with van der Waals surface area (Å²) in [6.45, 7) is 1.92. The summed E-state index contributed by atoms with van der Waals surface area (Å²) in [4.78, 5) is 43.0. The Kier molecular flexibility index (Phi) is 7.15. The van der Waals surface area contributed by atoms with E-state index in [0.717, 1.165) is 22.3 Å². The van der Waals surface area contributed by atoms with E-state index in [9.17, 15) is 14.4 Å². The van der Waals surface area contributed by atoms with E-state index in [-0.39, 0.29) is 18.6 Å². The fourth-order valence-corrected chi connectivity index (χ4v) is 2.31. The van der Waals surface area contributed by atoms with E-state index >= 15 is 0 Å². The van der Waals surface area contributed by atoms with Gasteiger partial charge in [0, 0.05) is 22.8 Å². The number of fused-ring (bicyclic) bond motifs is 1. The highest BCUT2D eigenvalue weighted by Gasteiger charge is 2.07. The molecule has 0 saturated carbocycles. The number of imidazole rings is 1. The number of carbonyl (C=O) groups is 3. The first-order valence-electron chi connectivity index (χ1n) is 8.38. The van der Waals surface area contributed by atoms with Gasteiger partial charge in [-0.25, -0.2) is 4.98 Å². The van der Waals surface area contributed by atoms with E-state index < -0.39 is 11.9 Å². The molecule has 0 saturated heterocycles. The highest BCUT2D eigenvalue weighted by molar-refractivity contribution is 6.14. The van der Waals surface area contributed by atoms with Gasteiger partial charge in [0.05, 0.1) is 30.4 Å². The number of aromatic nitrogens is 3. The summed E-state index contributed by atoms with van der Waals surface area (Å²) in [6.07, 6.45) is 5.95. The summed E-state index contributed by atoms with van der Waals surface area (Å²) < 4.78 is 0. The SMILES string of the molecule is Cc1[nH]cnc1C=CC(=O)c1ccnc2ccccc12.O=C(O)CCC(=O)O. The maximum absolute atomic E-state index is 12.3. The maximum Gasteiger partial charge on any atom is 0.303 e. The van der Waals surface area contributed by atoms with Gasteiger partial charge in [-0.05, 0) is 31.2 Å². The Balaban J connectivity index is 0.000000300. The zero-order valence-corrected chi connectivity index (χ0v) is 15.1. The van der Waals surface area contributed by atoms with Gasteiger partial charge in [0.15, 0.2) is 5.78 Å². The summed E-state index contributed by atoms with van der Waals surface area (Å²) in [5.41, 5.74) is 3.19. The second kappa shape index (κ2) is 9.77. The van der Waals surface area contributed by atoms with Crippen molar-refractivity contribution in [2.45, 2.75) is 19.8 Å². The number of nitrogens with zero attached hydrogens (tertiary/aromatic N) is 2. The number of para-hydroxylation sites is 1. The molecule has 0 atom stereocenters. The fourth-order valence-electron chi connectivity index (χ4n) is 2.31. The Labute approximate surface area is 160 Å². The van der Waals surface area contributed by atoms with E-state index in [1.165, 1.54) is 0 Å². The molecule has 0 unspecified atom stereocenters. The van der Waals surface area contributed by atoms with Crippen molar-refractivity contribution >= 4 is 34.7 Å². The first-order chi connectivity index (χ1) is 13.4. The molecule has 3 aromatic rings. The number of ketones is 1. The van der Waals surface area contributed by atoms with Crippen molar-refractivity contribution in [3.8, 4) is 0 Å². The van der Waals surface area contributed by atoms with Gasteiger partial charge in [0.1, 0.15) is 0 Å². The monoisotopic (exact) mass is 381 g/mol. The lowest BCUT2D eigenvalue weighted by Gasteiger charge is -2.01. The Morgan fingerprint density at radius 3 is 2.32 bits per heavy atom. The Morgan fingerprint density at radius 2 is 1.71 bits per heavy atom. The molecule has 8 nitrogen and oxygen atoms in total. The molecule has 0 aliphatic heterocycles. The molecule has 0 amide bonds. The standard InChI is InChI=1S/C16H13N3O.C4H6O4/c1-11-14(19-10-18-11)6-7-16(20)13-8-9-17-15-5-3-2-4-12(13)15;5-3(6)1-2-4(7)8/h2-10H,1H3,(H,18,19);1-2H2,(H,5,6)(H,7,8). The van der Waals surface area contributed by atoms with E-state index in [1.807, 2.05) is 31.2 Å². The molecule has 2 heterocycles. The molecule has 2 aromatic heterocycles. The Hall–Kier alpha value is -3.81. The van der Waals surface area contributed by atoms with Gasteiger partial charge in [-0.3, -0.25) is 19.4 Å². The predicted molar refractivity (Wildman–Crippen MR) is 103 cm³/mol. The van der Waals surface area contributed by atoms with Crippen LogP contribution in [0.1, 0.15) is 34.6 Å². The van der Waals surface area contributed by atoms with Crippen LogP contribution in [0.15, 0.2) is 48.9 Å². The van der Waals surface area contributed by atoms with Gasteiger partial charge >= 0.3 is 11.9 Å². The quantitative estimate of drug-likeness (QED) is 0.441. The normalized spacial score (nSPS) is 10.5. The molecular formula is C20H19N3O5. The molecule has 28 heavy (non-hydrogen) atoms. The number of H-pyrrole nitrogens is 1. The van der Waals surface area contributed by atoms with Gasteiger partial charge in [0.25, 0.3) is 0 Å². The molecule has 0 spiro atoms. The van der Waals surface area contributed by atoms with Crippen LogP contribution in [0.25, 0.3) is 17.0 Å². The van der Waals surface area contributed by atoms with Crippen molar-refractivity contribution in [2.75, 3.05) is 0 Å². The molecule has 8 heteroatoms. The van der Waals surface area contributed by atoms with Crippen molar-refractivity contribution in [3.63, 3.8) is 0 Å². The third-order valence-electron chi connectivity index (χ3n) is 3.73. The largest absolute Gasteiger partial charge is 0.481 e. The van der Waals surface area contributed by atoms with Crippen molar-refractivity contribution in [3.05, 3.63) is 65.9 Å². The topological polar surface area (TPSA) is 133 Å². The number of nitrogens with one attached hydrogen (secondary N) is 1. The number of carbonyl (C=O) groups excluding carboxylic acids is 1. The maximum atomic E-state index is 12.3. The number of aliphatic carboxylic acids is 2. The molecule has 0 radical (unpaired) electrons. The minimum absolute atomic E-state index is 0.0500. The van der Waals surface area contributed by atoms with Gasteiger partial charge < -0.3 is 15.2 Å². The summed E-state index contributed by atoms with van der Waals surface area (Å²) >= 11 is 0. The van der Waals surface area contributed by atoms with Crippen LogP contribution >= 0.6 is 0 Å². The lowest BCUT2D eigenvalue weighted by atomic mass is 10.0. The van der Waals surface area contributed by atoms with Crippen LogP contribution in [0.5, 0.6) is 0 Å². The molecular weight excluding hydrogens is 362 g/mol. The number of hydrogen-bond acceptors (Lipinski definition) is 5. The molecule has 0 aliphatic carbocycles. The van der Waals surface area contributed by atoms with Crippen LogP contribution in [0.4, 0.5) is 0 Å². The summed E-state index contributed by atoms with van der Waals surface area (Å²) in [5, 5.41) is 16.7. The average molecular weight is 381 g/mol. The van der Waals surface area contributed by atoms with Crippen LogP contribution in [0, 0.1) is 6.92 Å². The molecule has 0 fully saturated rings. The van der Waals surface area contributed by atoms with Gasteiger partial charge in [-0.1, -0.05) is 18.2 Å². The second-order valence-corrected chi connectivity index (χ2v) is 5.77.